The molecular formula is C38H76NO31P3. The molecule has 0 saturated carbocycles. The van der Waals surface area contributed by atoms with Gasteiger partial charge >= 0.3 is 23.5 Å². The summed E-state index contributed by atoms with van der Waals surface area (Å²) in [5.74, 6) is -2.10. The van der Waals surface area contributed by atoms with Crippen molar-refractivity contribution in [3.8, 4) is 0 Å². The smallest absolute Gasteiger partial charge is 0.394 e. The highest BCUT2D eigenvalue weighted by atomic mass is 31.2. The molecular weight excluding hydrogens is 1060 g/mol. The van der Waals surface area contributed by atoms with Gasteiger partial charge in [-0.15, -0.1) is 0 Å². The van der Waals surface area contributed by atoms with E-state index in [1.165, 1.54) is 20.8 Å². The number of nitrogens with one attached hydrogen (secondary N) is 1. The highest BCUT2D eigenvalue weighted by molar-refractivity contribution is 7.47. The monoisotopic (exact) mass is 1140 g/mol. The second-order valence-corrected chi connectivity index (χ2v) is 21.0. The molecule has 3 aliphatic heterocycles. The lowest BCUT2D eigenvalue weighted by molar-refractivity contribution is -0.283. The summed E-state index contributed by atoms with van der Waals surface area (Å²) in [7, 11) is -14.5. The van der Waals surface area contributed by atoms with E-state index in [1.807, 2.05) is 13.8 Å². The number of amides is 1. The van der Waals surface area contributed by atoms with E-state index >= 15 is 0 Å². The number of aliphatic hydroxyl groups is 9. The summed E-state index contributed by atoms with van der Waals surface area (Å²) in [6.45, 7) is 0.825. The Bertz CT molecular complexity index is 1620. The Labute approximate surface area is 421 Å². The highest BCUT2D eigenvalue weighted by Crippen LogP contribution is 2.45. The Kier molecular flexibility index (Phi) is 31.3. The van der Waals surface area contributed by atoms with E-state index in [0.29, 0.717) is 0 Å². The van der Waals surface area contributed by atoms with Gasteiger partial charge in [-0.05, 0) is 0 Å². The van der Waals surface area contributed by atoms with Crippen LogP contribution in [0.15, 0.2) is 0 Å². The molecule has 0 spiro atoms. The first-order valence-corrected chi connectivity index (χ1v) is 27.4. The van der Waals surface area contributed by atoms with Crippen LogP contribution in [0.3, 0.4) is 0 Å². The number of phosphoric acid groups is 3. The molecule has 3 fully saturated rings. The standard InChI is InChI=1S/C36H70NO31P3.C2H6/c1-20-27(42)29(44)23(11-38)66-33(20)57-5-8-60-69(48,49)63-17-54-14-36(4,15-55-18-64-70(50,51)61-9-6-58-34-21(2)28(43)30(45)24(12-39)67-34)16-56-19-65-71(52,53)62-10-7-59-35-26(37-22(3)41)32(47)31(46)25(13-40)68-35;1-2/h20-21,23-35,38-40,42-47H,5-19H2,1-4H3,(H,37,41)(H,48,49)(H,50,51)(H,52,53);1-2H3/t20?,21?,23?,24?,25?,26?,27-,28-,29+,30+,31+,32-,33-,34-,35-,36?;/m1./s1. The van der Waals surface area contributed by atoms with Crippen molar-refractivity contribution in [2.75, 3.05) is 99.7 Å². The predicted molar refractivity (Wildman–Crippen MR) is 240 cm³/mol. The first-order chi connectivity index (χ1) is 34.3. The minimum absolute atomic E-state index is 0.351. The Morgan fingerprint density at radius 2 is 0.808 bits per heavy atom. The van der Waals surface area contributed by atoms with Crippen LogP contribution in [-0.2, 0) is 88.3 Å². The van der Waals surface area contributed by atoms with Gasteiger partial charge in [0.2, 0.25) is 5.91 Å². The van der Waals surface area contributed by atoms with E-state index < -0.39 is 213 Å². The van der Waals surface area contributed by atoms with E-state index in [-0.39, 0.29) is 13.2 Å². The summed E-state index contributed by atoms with van der Waals surface area (Å²) < 4.78 is 115. The second-order valence-electron chi connectivity index (χ2n) is 16.7. The first kappa shape index (κ1) is 68.2. The largest absolute Gasteiger partial charge is 0.474 e. The maximum absolute atomic E-state index is 12.6. The van der Waals surface area contributed by atoms with Crippen molar-refractivity contribution in [2.45, 2.75) is 121 Å². The molecule has 434 valence electrons. The lowest BCUT2D eigenvalue weighted by atomic mass is 9.92. The first-order valence-electron chi connectivity index (χ1n) is 22.9. The van der Waals surface area contributed by atoms with E-state index in [1.54, 1.807) is 0 Å². The Hall–Kier alpha value is -0.920. The summed E-state index contributed by atoms with van der Waals surface area (Å²) in [6.07, 6.45) is -15.7. The number of aliphatic hydroxyl groups excluding tert-OH is 9. The molecule has 0 radical (unpaired) electrons. The molecule has 0 aliphatic carbocycles. The molecule has 35 heteroatoms. The van der Waals surface area contributed by atoms with Gasteiger partial charge in [-0.2, -0.15) is 0 Å². The number of phosphoric ester groups is 3. The van der Waals surface area contributed by atoms with Crippen molar-refractivity contribution in [1.29, 1.82) is 0 Å². The van der Waals surface area contributed by atoms with Crippen LogP contribution in [0.4, 0.5) is 0 Å². The van der Waals surface area contributed by atoms with Crippen LogP contribution in [-0.4, -0.2) is 246 Å². The maximum Gasteiger partial charge on any atom is 0.474 e. The normalized spacial score (nSPS) is 34.1. The maximum atomic E-state index is 12.6. The molecule has 3 aliphatic rings. The van der Waals surface area contributed by atoms with Crippen molar-refractivity contribution in [2.24, 2.45) is 17.3 Å². The Morgan fingerprint density at radius 1 is 0.507 bits per heavy atom. The van der Waals surface area contributed by atoms with Crippen molar-refractivity contribution in [3.05, 3.63) is 0 Å². The summed E-state index contributed by atoms with van der Waals surface area (Å²) in [5.41, 5.74) is -1.33. The van der Waals surface area contributed by atoms with Gasteiger partial charge in [0.15, 0.2) is 39.2 Å². The molecule has 3 saturated heterocycles. The third kappa shape index (κ3) is 23.5. The predicted octanol–water partition coefficient (Wildman–Crippen LogP) is -3.51. The van der Waals surface area contributed by atoms with E-state index in [2.05, 4.69) is 5.32 Å². The Balaban J connectivity index is 0.00000901. The number of ether oxygens (including phenoxy) is 9. The minimum Gasteiger partial charge on any atom is -0.394 e. The number of carbonyl (C=O) groups excluding carboxylic acids is 1. The van der Waals surface area contributed by atoms with Gasteiger partial charge in [0.25, 0.3) is 0 Å². The zero-order chi connectivity index (χ0) is 55.2. The SMILES string of the molecule is CC.CC(=O)NC1[C@H](OCCOP(=O)(O)OCOCC(C)(COCOP(=O)(O)OCCO[C@@H]2OC(CO)[C@H](O)[C@H](O)C2C)COCOP(=O)(O)OCCO[C@@H]2OC(CO)[C@H](O)[C@H](O)C2C)OC(CO)[C@H](O)[C@@H]1O. The summed E-state index contributed by atoms with van der Waals surface area (Å²) in [6, 6.07) is -1.29. The van der Waals surface area contributed by atoms with Crippen LogP contribution in [0.25, 0.3) is 0 Å². The molecule has 0 aromatic carbocycles. The summed E-state index contributed by atoms with van der Waals surface area (Å²) >= 11 is 0. The molecule has 1 amide bonds. The fraction of sp³-hybridized carbons (Fsp3) is 0.974. The molecule has 13 N–H and O–H groups in total. The number of rotatable bonds is 34. The van der Waals surface area contributed by atoms with Gasteiger partial charge < -0.3 is 109 Å². The van der Waals surface area contributed by atoms with Crippen LogP contribution in [0, 0.1) is 17.3 Å². The van der Waals surface area contributed by atoms with Gasteiger partial charge in [0.1, 0.15) is 48.8 Å². The van der Waals surface area contributed by atoms with E-state index in [4.69, 9.17) is 69.8 Å². The molecule has 0 aromatic rings. The highest BCUT2D eigenvalue weighted by Gasteiger charge is 2.46. The van der Waals surface area contributed by atoms with E-state index in [9.17, 15) is 79.1 Å². The van der Waals surface area contributed by atoms with Gasteiger partial charge in [-0.25, -0.2) is 13.7 Å². The zero-order valence-electron chi connectivity index (χ0n) is 41.2. The van der Waals surface area contributed by atoms with Crippen LogP contribution >= 0.6 is 23.5 Å². The molecule has 32 nitrogen and oxygen atoms in total. The lowest BCUT2D eigenvalue weighted by Crippen LogP contribution is -2.64. The van der Waals surface area contributed by atoms with Crippen molar-refractivity contribution in [3.63, 3.8) is 0 Å². The quantitative estimate of drug-likeness (QED) is 0.0169. The molecule has 3 rings (SSSR count). The molecule has 0 bridgehead atoms. The Morgan fingerprint density at radius 3 is 1.12 bits per heavy atom. The zero-order valence-corrected chi connectivity index (χ0v) is 43.9. The minimum atomic E-state index is -4.86. The van der Waals surface area contributed by atoms with Crippen molar-refractivity contribution >= 4 is 29.4 Å². The van der Waals surface area contributed by atoms with Crippen LogP contribution in [0.2, 0.25) is 0 Å². The number of carbonyl (C=O) groups is 1. The number of hydrogen-bond acceptors (Lipinski definition) is 28. The van der Waals surface area contributed by atoms with Crippen LogP contribution in [0.5, 0.6) is 0 Å². The van der Waals surface area contributed by atoms with Crippen LogP contribution < -0.4 is 5.32 Å². The molecule has 9 unspecified atom stereocenters. The third-order valence-electron chi connectivity index (χ3n) is 10.7. The van der Waals surface area contributed by atoms with Gasteiger partial charge in [0, 0.05) is 24.2 Å². The van der Waals surface area contributed by atoms with Gasteiger partial charge in [-0.1, -0.05) is 34.6 Å². The van der Waals surface area contributed by atoms with Crippen molar-refractivity contribution < 1.29 is 149 Å². The van der Waals surface area contributed by atoms with Gasteiger partial charge in [-0.3, -0.25) is 31.9 Å². The molecule has 18 atom stereocenters. The number of hydrogen-bond donors (Lipinski definition) is 13. The molecule has 73 heavy (non-hydrogen) atoms. The van der Waals surface area contributed by atoms with Crippen molar-refractivity contribution in [1.82, 2.24) is 5.32 Å². The van der Waals surface area contributed by atoms with Gasteiger partial charge in [0.05, 0.1) is 91.5 Å². The lowest BCUT2D eigenvalue weighted by Gasteiger charge is -2.42. The fourth-order valence-electron chi connectivity index (χ4n) is 6.80. The molecule has 0 aromatic heterocycles. The third-order valence-corrected chi connectivity index (χ3v) is 13.6. The fourth-order valence-corrected chi connectivity index (χ4v) is 8.56. The topological polar surface area (TPSA) is 462 Å². The van der Waals surface area contributed by atoms with E-state index in [0.717, 1.165) is 6.92 Å². The van der Waals surface area contributed by atoms with Crippen LogP contribution in [0.1, 0.15) is 41.5 Å². The summed E-state index contributed by atoms with van der Waals surface area (Å²) in [4.78, 5) is 42.1. The summed E-state index contributed by atoms with van der Waals surface area (Å²) in [5, 5.41) is 91.5. The second kappa shape index (κ2) is 33.5. The molecule has 3 heterocycles. The average Bonchev–Trinajstić information content (AvgIpc) is 3.34. The average molecular weight is 1140 g/mol.